The number of rotatable bonds is 7. The lowest BCUT2D eigenvalue weighted by Crippen LogP contribution is -2.48. The van der Waals surface area contributed by atoms with Crippen LogP contribution in [-0.4, -0.2) is 42.2 Å². The number of halogens is 1. The van der Waals surface area contributed by atoms with Gasteiger partial charge in [-0.25, -0.2) is 0 Å². The highest BCUT2D eigenvalue weighted by Crippen LogP contribution is 2.26. The van der Waals surface area contributed by atoms with E-state index >= 15 is 0 Å². The molecule has 1 saturated carbocycles. The second-order valence-electron chi connectivity index (χ2n) is 6.26. The Kier molecular flexibility index (Phi) is 10.4. The van der Waals surface area contributed by atoms with Crippen molar-refractivity contribution in [1.82, 2.24) is 10.6 Å². The van der Waals surface area contributed by atoms with Crippen molar-refractivity contribution in [3.8, 4) is 0 Å². The van der Waals surface area contributed by atoms with Crippen molar-refractivity contribution < 1.29 is 14.7 Å². The van der Waals surface area contributed by atoms with Gasteiger partial charge in [-0.15, -0.1) is 12.4 Å². The maximum atomic E-state index is 11.6. The second-order valence-corrected chi connectivity index (χ2v) is 6.26. The largest absolute Gasteiger partial charge is 0.391 e. The fourth-order valence-electron chi connectivity index (χ4n) is 2.55. The number of aliphatic hydroxyl groups excluding tert-OH is 1. The Morgan fingerprint density at radius 2 is 1.77 bits per heavy atom. The molecule has 1 aliphatic rings. The van der Waals surface area contributed by atoms with E-state index < -0.39 is 12.1 Å². The Morgan fingerprint density at radius 1 is 1.18 bits per heavy atom. The van der Waals surface area contributed by atoms with Crippen LogP contribution in [-0.2, 0) is 9.59 Å². The average molecular weight is 336 g/mol. The maximum Gasteiger partial charge on any atom is 0.239 e. The SMILES string of the molecule is CC(C)[C@H](N)C(=O)NCC(=O)NCC(O)C1CCCCC1.Cl. The molecule has 6 nitrogen and oxygen atoms in total. The molecule has 2 atom stereocenters. The molecule has 1 fully saturated rings. The summed E-state index contributed by atoms with van der Waals surface area (Å²) in [6.07, 6.45) is 5.09. The standard InChI is InChI=1S/C15H29N3O3.ClH/c1-10(2)14(16)15(21)18-9-13(20)17-8-12(19)11-6-4-3-5-7-11;/h10-12,14,19H,3-9,16H2,1-2H3,(H,17,20)(H,18,21);1H/t12?,14-;/m0./s1. The Labute approximate surface area is 139 Å². The lowest BCUT2D eigenvalue weighted by Gasteiger charge is -2.26. The van der Waals surface area contributed by atoms with Crippen molar-refractivity contribution in [3.05, 3.63) is 0 Å². The minimum Gasteiger partial charge on any atom is -0.391 e. The van der Waals surface area contributed by atoms with Gasteiger partial charge in [-0.2, -0.15) is 0 Å². The zero-order valence-electron chi connectivity index (χ0n) is 13.5. The van der Waals surface area contributed by atoms with Crippen LogP contribution in [0.4, 0.5) is 0 Å². The quantitative estimate of drug-likeness (QED) is 0.545. The van der Waals surface area contributed by atoms with Gasteiger partial charge in [-0.3, -0.25) is 9.59 Å². The third-order valence-electron chi connectivity index (χ3n) is 4.15. The fraction of sp³-hybridized carbons (Fsp3) is 0.867. The Balaban J connectivity index is 0.00000441. The number of hydrogen-bond acceptors (Lipinski definition) is 4. The minimum atomic E-state index is -0.606. The molecule has 0 spiro atoms. The Hall–Kier alpha value is -0.850. The van der Waals surface area contributed by atoms with Gasteiger partial charge >= 0.3 is 0 Å². The first-order valence-electron chi connectivity index (χ1n) is 7.90. The van der Waals surface area contributed by atoms with Gasteiger partial charge in [0.05, 0.1) is 18.7 Å². The number of nitrogens with one attached hydrogen (secondary N) is 2. The van der Waals surface area contributed by atoms with E-state index in [0.717, 1.165) is 25.7 Å². The molecule has 0 aliphatic heterocycles. The molecule has 0 aromatic heterocycles. The van der Waals surface area contributed by atoms with Gasteiger partial charge in [0, 0.05) is 6.54 Å². The summed E-state index contributed by atoms with van der Waals surface area (Å²) < 4.78 is 0. The van der Waals surface area contributed by atoms with Crippen LogP contribution in [0.25, 0.3) is 0 Å². The van der Waals surface area contributed by atoms with E-state index in [4.69, 9.17) is 5.73 Å². The molecular formula is C15H30ClN3O3. The molecule has 0 aromatic rings. The number of aliphatic hydroxyl groups is 1. The zero-order chi connectivity index (χ0) is 15.8. The lowest BCUT2D eigenvalue weighted by atomic mass is 9.85. The molecule has 0 saturated heterocycles. The van der Waals surface area contributed by atoms with Crippen LogP contribution in [0.3, 0.4) is 0 Å². The van der Waals surface area contributed by atoms with Crippen LogP contribution in [0.1, 0.15) is 46.0 Å². The van der Waals surface area contributed by atoms with Gasteiger partial charge in [0.2, 0.25) is 11.8 Å². The summed E-state index contributed by atoms with van der Waals surface area (Å²) in [5, 5.41) is 15.2. The van der Waals surface area contributed by atoms with Gasteiger partial charge in [0.1, 0.15) is 0 Å². The molecule has 2 amide bonds. The van der Waals surface area contributed by atoms with E-state index in [1.807, 2.05) is 13.8 Å². The number of carbonyl (C=O) groups is 2. The van der Waals surface area contributed by atoms with E-state index in [1.165, 1.54) is 6.42 Å². The van der Waals surface area contributed by atoms with E-state index in [0.29, 0.717) is 0 Å². The smallest absolute Gasteiger partial charge is 0.239 e. The van der Waals surface area contributed by atoms with Gasteiger partial charge in [-0.05, 0) is 24.7 Å². The predicted molar refractivity (Wildman–Crippen MR) is 88.7 cm³/mol. The average Bonchev–Trinajstić information content (AvgIpc) is 2.50. The number of hydrogen-bond donors (Lipinski definition) is 4. The predicted octanol–water partition coefficient (Wildman–Crippen LogP) is 0.565. The fourth-order valence-corrected chi connectivity index (χ4v) is 2.55. The molecule has 130 valence electrons. The van der Waals surface area contributed by atoms with Crippen LogP contribution in [0.2, 0.25) is 0 Å². The van der Waals surface area contributed by atoms with E-state index in [2.05, 4.69) is 10.6 Å². The Bertz CT molecular complexity index is 347. The van der Waals surface area contributed by atoms with Crippen LogP contribution in [0, 0.1) is 11.8 Å². The number of amides is 2. The molecule has 0 bridgehead atoms. The van der Waals surface area contributed by atoms with Crippen molar-refractivity contribution in [2.24, 2.45) is 17.6 Å². The Morgan fingerprint density at radius 3 is 2.32 bits per heavy atom. The summed E-state index contributed by atoms with van der Waals surface area (Å²) in [5.41, 5.74) is 5.68. The minimum absolute atomic E-state index is 0. The summed E-state index contributed by atoms with van der Waals surface area (Å²) in [6.45, 7) is 3.85. The molecular weight excluding hydrogens is 306 g/mol. The third-order valence-corrected chi connectivity index (χ3v) is 4.15. The molecule has 5 N–H and O–H groups in total. The topological polar surface area (TPSA) is 104 Å². The highest BCUT2D eigenvalue weighted by atomic mass is 35.5. The maximum absolute atomic E-state index is 11.6. The van der Waals surface area contributed by atoms with Crippen LogP contribution in [0.5, 0.6) is 0 Å². The molecule has 22 heavy (non-hydrogen) atoms. The van der Waals surface area contributed by atoms with Gasteiger partial charge in [-0.1, -0.05) is 33.1 Å². The second kappa shape index (κ2) is 10.8. The monoisotopic (exact) mass is 335 g/mol. The molecule has 1 rings (SSSR count). The number of carbonyl (C=O) groups excluding carboxylic acids is 2. The van der Waals surface area contributed by atoms with Gasteiger partial charge < -0.3 is 21.5 Å². The van der Waals surface area contributed by atoms with Crippen LogP contribution in [0.15, 0.2) is 0 Å². The summed E-state index contributed by atoms with van der Waals surface area (Å²) in [6, 6.07) is -0.606. The summed E-state index contributed by atoms with van der Waals surface area (Å²) >= 11 is 0. The first-order valence-corrected chi connectivity index (χ1v) is 7.90. The molecule has 1 aliphatic carbocycles. The van der Waals surface area contributed by atoms with E-state index in [1.54, 1.807) is 0 Å². The van der Waals surface area contributed by atoms with Crippen molar-refractivity contribution in [3.63, 3.8) is 0 Å². The molecule has 1 unspecified atom stereocenters. The van der Waals surface area contributed by atoms with E-state index in [9.17, 15) is 14.7 Å². The molecule has 0 radical (unpaired) electrons. The van der Waals surface area contributed by atoms with Crippen molar-refractivity contribution in [2.75, 3.05) is 13.1 Å². The summed E-state index contributed by atoms with van der Waals surface area (Å²) in [4.78, 5) is 23.3. The molecule has 0 aromatic carbocycles. The summed E-state index contributed by atoms with van der Waals surface area (Å²) in [5.74, 6) is -0.314. The van der Waals surface area contributed by atoms with Gasteiger partial charge in [0.25, 0.3) is 0 Å². The van der Waals surface area contributed by atoms with Crippen molar-refractivity contribution in [1.29, 1.82) is 0 Å². The first-order chi connectivity index (χ1) is 9.91. The molecule has 7 heteroatoms. The van der Waals surface area contributed by atoms with Gasteiger partial charge in [0.15, 0.2) is 0 Å². The third kappa shape index (κ3) is 7.42. The normalized spacial score (nSPS) is 18.2. The first kappa shape index (κ1) is 21.1. The van der Waals surface area contributed by atoms with Crippen LogP contribution < -0.4 is 16.4 Å². The summed E-state index contributed by atoms with van der Waals surface area (Å²) in [7, 11) is 0. The molecule has 0 heterocycles. The highest BCUT2D eigenvalue weighted by Gasteiger charge is 2.22. The van der Waals surface area contributed by atoms with Crippen molar-refractivity contribution >= 4 is 24.2 Å². The van der Waals surface area contributed by atoms with Crippen LogP contribution >= 0.6 is 12.4 Å². The zero-order valence-corrected chi connectivity index (χ0v) is 14.3. The lowest BCUT2D eigenvalue weighted by molar-refractivity contribution is -0.127. The number of nitrogens with two attached hydrogens (primary N) is 1. The highest BCUT2D eigenvalue weighted by molar-refractivity contribution is 5.87. The van der Waals surface area contributed by atoms with E-state index in [-0.39, 0.29) is 49.1 Å². The van der Waals surface area contributed by atoms with Crippen molar-refractivity contribution in [2.45, 2.75) is 58.1 Å².